The molecule has 1 aliphatic rings. The van der Waals surface area contributed by atoms with E-state index >= 15 is 0 Å². The van der Waals surface area contributed by atoms with E-state index in [9.17, 15) is 13.6 Å². The van der Waals surface area contributed by atoms with Crippen LogP contribution in [-0.4, -0.2) is 29.3 Å². The summed E-state index contributed by atoms with van der Waals surface area (Å²) in [6.45, 7) is -2.42. The second kappa shape index (κ2) is 8.12. The number of nitrogens with zero attached hydrogens (tertiary/aromatic N) is 1. The first-order valence-corrected chi connectivity index (χ1v) is 8.41. The predicted molar refractivity (Wildman–Crippen MR) is 89.9 cm³/mol. The van der Waals surface area contributed by atoms with Gasteiger partial charge in [-0.15, -0.1) is 0 Å². The van der Waals surface area contributed by atoms with Crippen LogP contribution >= 0.6 is 0 Å². The molecular formula is C19H19F2NO4. The number of carbonyl (C=O) groups is 1. The molecule has 1 N–H and O–H groups in total. The number of aromatic carboxylic acids is 1. The number of pyridine rings is 1. The third-order valence-electron chi connectivity index (χ3n) is 4.09. The van der Waals surface area contributed by atoms with Crippen molar-refractivity contribution in [2.75, 3.05) is 6.61 Å². The molecular weight excluding hydrogens is 344 g/mol. The molecule has 1 aromatic heterocycles. The van der Waals surface area contributed by atoms with Gasteiger partial charge in [0.1, 0.15) is 5.69 Å². The Labute approximate surface area is 149 Å². The van der Waals surface area contributed by atoms with Crippen molar-refractivity contribution in [1.29, 1.82) is 0 Å². The van der Waals surface area contributed by atoms with Crippen molar-refractivity contribution in [3.8, 4) is 11.5 Å². The van der Waals surface area contributed by atoms with E-state index < -0.39 is 12.6 Å². The zero-order valence-corrected chi connectivity index (χ0v) is 14.0. The molecule has 0 bridgehead atoms. The number of ether oxygens (including phenoxy) is 2. The van der Waals surface area contributed by atoms with Gasteiger partial charge in [-0.2, -0.15) is 8.78 Å². The minimum atomic E-state index is -2.91. The van der Waals surface area contributed by atoms with Gasteiger partial charge in [0.2, 0.25) is 0 Å². The molecule has 7 heteroatoms. The topological polar surface area (TPSA) is 68.7 Å². The number of hydrogen-bond acceptors (Lipinski definition) is 4. The highest BCUT2D eigenvalue weighted by atomic mass is 19.3. The lowest BCUT2D eigenvalue weighted by Gasteiger charge is -2.13. The third kappa shape index (κ3) is 5.15. The van der Waals surface area contributed by atoms with Crippen LogP contribution in [0.15, 0.2) is 36.4 Å². The van der Waals surface area contributed by atoms with Crippen molar-refractivity contribution in [1.82, 2.24) is 4.98 Å². The highest BCUT2D eigenvalue weighted by Gasteiger charge is 2.23. The Morgan fingerprint density at radius 2 is 2.00 bits per heavy atom. The largest absolute Gasteiger partial charge is 0.489 e. The molecule has 0 atom stereocenters. The second-order valence-electron chi connectivity index (χ2n) is 6.23. The SMILES string of the molecule is O=C(O)c1cccc(CCc2ccc(OC(F)F)c(OCC3CC3)c2)n1. The van der Waals surface area contributed by atoms with Gasteiger partial charge in [-0.05, 0) is 61.4 Å². The highest BCUT2D eigenvalue weighted by molar-refractivity contribution is 5.85. The van der Waals surface area contributed by atoms with Crippen LogP contribution < -0.4 is 9.47 Å². The Morgan fingerprint density at radius 1 is 1.19 bits per heavy atom. The van der Waals surface area contributed by atoms with E-state index in [2.05, 4.69) is 9.72 Å². The van der Waals surface area contributed by atoms with E-state index in [1.165, 1.54) is 12.1 Å². The average molecular weight is 363 g/mol. The molecule has 0 amide bonds. The first-order valence-electron chi connectivity index (χ1n) is 8.41. The van der Waals surface area contributed by atoms with Crippen molar-refractivity contribution < 1.29 is 28.2 Å². The number of aryl methyl sites for hydroxylation is 2. The molecule has 1 heterocycles. The maximum absolute atomic E-state index is 12.6. The van der Waals surface area contributed by atoms with Crippen molar-refractivity contribution >= 4 is 5.97 Å². The molecule has 1 aromatic carbocycles. The first-order chi connectivity index (χ1) is 12.5. The quantitative estimate of drug-likeness (QED) is 0.730. The molecule has 1 fully saturated rings. The number of rotatable bonds is 9. The van der Waals surface area contributed by atoms with Crippen LogP contribution in [0.5, 0.6) is 11.5 Å². The summed E-state index contributed by atoms with van der Waals surface area (Å²) in [6.07, 6.45) is 3.29. The van der Waals surface area contributed by atoms with Crippen molar-refractivity contribution in [3.63, 3.8) is 0 Å². The molecule has 1 saturated carbocycles. The Hall–Kier alpha value is -2.70. The molecule has 138 valence electrons. The highest BCUT2D eigenvalue weighted by Crippen LogP contribution is 2.34. The maximum atomic E-state index is 12.6. The van der Waals surface area contributed by atoms with E-state index in [0.717, 1.165) is 18.4 Å². The van der Waals surface area contributed by atoms with Crippen LogP contribution in [0.4, 0.5) is 8.78 Å². The second-order valence-corrected chi connectivity index (χ2v) is 6.23. The van der Waals surface area contributed by atoms with Crippen LogP contribution in [-0.2, 0) is 12.8 Å². The van der Waals surface area contributed by atoms with Crippen LogP contribution in [0.3, 0.4) is 0 Å². The number of alkyl halides is 2. The van der Waals surface area contributed by atoms with Crippen LogP contribution in [0.25, 0.3) is 0 Å². The normalized spacial score (nSPS) is 13.7. The van der Waals surface area contributed by atoms with Crippen molar-refractivity contribution in [2.24, 2.45) is 5.92 Å². The number of hydrogen-bond donors (Lipinski definition) is 1. The minimum Gasteiger partial charge on any atom is -0.489 e. The smallest absolute Gasteiger partial charge is 0.387 e. The lowest BCUT2D eigenvalue weighted by atomic mass is 10.1. The molecule has 3 rings (SSSR count). The molecule has 5 nitrogen and oxygen atoms in total. The fourth-order valence-corrected chi connectivity index (χ4v) is 2.52. The standard InChI is InChI=1S/C19H19F2NO4/c20-19(21)26-16-9-7-12(10-17(16)25-11-13-4-5-13)6-8-14-2-1-3-15(22-14)18(23)24/h1-3,7,9-10,13,19H,4-6,8,11H2,(H,23,24). The molecule has 0 saturated heterocycles. The van der Waals surface area contributed by atoms with E-state index in [1.54, 1.807) is 24.3 Å². The molecule has 0 unspecified atom stereocenters. The Balaban J connectivity index is 1.69. The van der Waals surface area contributed by atoms with Crippen LogP contribution in [0.1, 0.15) is 34.6 Å². The Kier molecular flexibility index (Phi) is 5.65. The number of carboxylic acids is 1. The molecule has 1 aliphatic carbocycles. The van der Waals surface area contributed by atoms with Gasteiger partial charge in [0.25, 0.3) is 0 Å². The van der Waals surface area contributed by atoms with Gasteiger partial charge in [-0.1, -0.05) is 12.1 Å². The monoisotopic (exact) mass is 363 g/mol. The zero-order chi connectivity index (χ0) is 18.5. The van der Waals surface area contributed by atoms with Crippen molar-refractivity contribution in [3.05, 3.63) is 53.3 Å². The summed E-state index contributed by atoms with van der Waals surface area (Å²) in [4.78, 5) is 15.1. The van der Waals surface area contributed by atoms with Gasteiger partial charge in [-0.25, -0.2) is 9.78 Å². The maximum Gasteiger partial charge on any atom is 0.387 e. The number of benzene rings is 1. The fourth-order valence-electron chi connectivity index (χ4n) is 2.52. The Morgan fingerprint density at radius 3 is 2.69 bits per heavy atom. The van der Waals surface area contributed by atoms with Gasteiger partial charge in [-0.3, -0.25) is 0 Å². The first kappa shape index (κ1) is 18.1. The number of aromatic nitrogens is 1. The zero-order valence-electron chi connectivity index (χ0n) is 14.0. The van der Waals surface area contributed by atoms with Crippen LogP contribution in [0, 0.1) is 5.92 Å². The van der Waals surface area contributed by atoms with E-state index in [4.69, 9.17) is 9.84 Å². The minimum absolute atomic E-state index is 0.00311. The third-order valence-corrected chi connectivity index (χ3v) is 4.09. The van der Waals surface area contributed by atoms with E-state index in [0.29, 0.717) is 36.8 Å². The van der Waals surface area contributed by atoms with Gasteiger partial charge in [0.15, 0.2) is 11.5 Å². The van der Waals surface area contributed by atoms with Gasteiger partial charge >= 0.3 is 12.6 Å². The summed E-state index contributed by atoms with van der Waals surface area (Å²) in [5.41, 5.74) is 1.52. The summed E-state index contributed by atoms with van der Waals surface area (Å²) >= 11 is 0. The fraction of sp³-hybridized carbons (Fsp3) is 0.368. The van der Waals surface area contributed by atoms with Crippen molar-refractivity contribution in [2.45, 2.75) is 32.3 Å². The summed E-state index contributed by atoms with van der Waals surface area (Å²) in [6, 6.07) is 9.71. The number of halogens is 2. The molecule has 0 spiro atoms. The predicted octanol–water partition coefficient (Wildman–Crippen LogP) is 3.96. The lowest BCUT2D eigenvalue weighted by molar-refractivity contribution is -0.0515. The van der Waals surface area contributed by atoms with Gasteiger partial charge in [0, 0.05) is 5.69 Å². The summed E-state index contributed by atoms with van der Waals surface area (Å²) in [5, 5.41) is 8.99. The van der Waals surface area contributed by atoms with Gasteiger partial charge in [0.05, 0.1) is 6.61 Å². The van der Waals surface area contributed by atoms with E-state index in [1.807, 2.05) is 0 Å². The summed E-state index contributed by atoms with van der Waals surface area (Å²) in [5.74, 6) is -0.255. The molecule has 0 radical (unpaired) electrons. The number of carboxylic acid groups (broad SMARTS) is 1. The summed E-state index contributed by atoms with van der Waals surface area (Å²) < 4.78 is 35.3. The molecule has 0 aliphatic heterocycles. The Bertz CT molecular complexity index is 778. The summed E-state index contributed by atoms with van der Waals surface area (Å²) in [7, 11) is 0. The average Bonchev–Trinajstić information content (AvgIpc) is 3.44. The van der Waals surface area contributed by atoms with Crippen LogP contribution in [0.2, 0.25) is 0 Å². The van der Waals surface area contributed by atoms with Gasteiger partial charge < -0.3 is 14.6 Å². The van der Waals surface area contributed by atoms with E-state index in [-0.39, 0.29) is 11.4 Å². The lowest BCUT2D eigenvalue weighted by Crippen LogP contribution is -2.07. The molecule has 26 heavy (non-hydrogen) atoms. The molecule has 2 aromatic rings.